The molecule has 0 aromatic heterocycles. The molecule has 1 aromatic rings. The van der Waals surface area contributed by atoms with Gasteiger partial charge in [-0.3, -0.25) is 0 Å². The van der Waals surface area contributed by atoms with Gasteiger partial charge >= 0.3 is 6.61 Å². The summed E-state index contributed by atoms with van der Waals surface area (Å²) in [4.78, 5) is 0. The highest BCUT2D eigenvalue weighted by molar-refractivity contribution is 9.10. The lowest BCUT2D eigenvalue weighted by atomic mass is 10.3. The van der Waals surface area contributed by atoms with Crippen molar-refractivity contribution >= 4 is 39.1 Å². The molecule has 0 N–H and O–H groups in total. The third kappa shape index (κ3) is 2.69. The Morgan fingerprint density at radius 3 is 2.46 bits per heavy atom. The highest BCUT2D eigenvalue weighted by Gasteiger charge is 2.12. The highest BCUT2D eigenvalue weighted by Crippen LogP contribution is 2.37. The number of hydrogen-bond acceptors (Lipinski definition) is 1. The lowest BCUT2D eigenvalue weighted by Gasteiger charge is -2.08. The largest absolute Gasteiger partial charge is 0.434 e. The van der Waals surface area contributed by atoms with Gasteiger partial charge in [0.2, 0.25) is 0 Å². The van der Waals surface area contributed by atoms with Crippen LogP contribution in [0.25, 0.3) is 0 Å². The molecular weight excluding hydrogens is 289 g/mol. The molecule has 0 radical (unpaired) electrons. The Kier molecular flexibility index (Phi) is 3.76. The van der Waals surface area contributed by atoms with E-state index in [1.807, 2.05) is 0 Å². The second-order valence-corrected chi connectivity index (χ2v) is 3.63. The van der Waals surface area contributed by atoms with Gasteiger partial charge in [-0.1, -0.05) is 23.2 Å². The van der Waals surface area contributed by atoms with Gasteiger partial charge in [-0.05, 0) is 28.1 Å². The highest BCUT2D eigenvalue weighted by atomic mass is 79.9. The molecule has 0 amide bonds. The van der Waals surface area contributed by atoms with Crippen LogP contribution in [0.5, 0.6) is 5.75 Å². The van der Waals surface area contributed by atoms with Gasteiger partial charge in [-0.25, -0.2) is 0 Å². The van der Waals surface area contributed by atoms with Crippen LogP contribution in [0.2, 0.25) is 10.0 Å². The maximum absolute atomic E-state index is 11.8. The van der Waals surface area contributed by atoms with Crippen molar-refractivity contribution in [2.24, 2.45) is 0 Å². The monoisotopic (exact) mass is 290 g/mol. The van der Waals surface area contributed by atoms with E-state index in [0.29, 0.717) is 0 Å². The number of hydrogen-bond donors (Lipinski definition) is 0. The van der Waals surface area contributed by atoms with E-state index in [2.05, 4.69) is 20.7 Å². The molecule has 0 aliphatic heterocycles. The summed E-state index contributed by atoms with van der Waals surface area (Å²) in [5.74, 6) is -0.0376. The second-order valence-electron chi connectivity index (χ2n) is 2.05. The van der Waals surface area contributed by atoms with Crippen molar-refractivity contribution in [2.75, 3.05) is 0 Å². The Labute approximate surface area is 91.7 Å². The van der Waals surface area contributed by atoms with Crippen LogP contribution in [-0.2, 0) is 0 Å². The summed E-state index contributed by atoms with van der Waals surface area (Å²) in [5.41, 5.74) is 0. The van der Waals surface area contributed by atoms with Gasteiger partial charge in [0, 0.05) is 0 Å². The number of alkyl halides is 2. The molecule has 6 heteroatoms. The molecule has 0 atom stereocenters. The molecular formula is C7H3BrCl2F2O. The molecule has 0 saturated heterocycles. The number of benzene rings is 1. The van der Waals surface area contributed by atoms with Gasteiger partial charge in [-0.15, -0.1) is 0 Å². The van der Waals surface area contributed by atoms with Gasteiger partial charge in [0.05, 0.1) is 14.5 Å². The minimum atomic E-state index is -2.88. The molecule has 0 unspecified atom stereocenters. The maximum atomic E-state index is 11.8. The minimum absolute atomic E-state index is 0.0376. The molecule has 0 bridgehead atoms. The van der Waals surface area contributed by atoms with Crippen LogP contribution in [0, 0.1) is 0 Å². The van der Waals surface area contributed by atoms with E-state index in [-0.39, 0.29) is 20.3 Å². The fourth-order valence-corrected chi connectivity index (χ4v) is 1.56. The summed E-state index contributed by atoms with van der Waals surface area (Å²) < 4.78 is 28.0. The van der Waals surface area contributed by atoms with Crippen LogP contribution in [0.1, 0.15) is 0 Å². The van der Waals surface area contributed by atoms with Gasteiger partial charge in [-0.2, -0.15) is 8.78 Å². The summed E-state index contributed by atoms with van der Waals surface area (Å²) in [6, 6.07) is 2.69. The first-order valence-corrected chi connectivity index (χ1v) is 4.65. The lowest BCUT2D eigenvalue weighted by Crippen LogP contribution is -2.02. The average Bonchev–Trinajstić information content (AvgIpc) is 2.06. The van der Waals surface area contributed by atoms with Gasteiger partial charge in [0.1, 0.15) is 5.75 Å². The van der Waals surface area contributed by atoms with Crippen LogP contribution in [0.4, 0.5) is 8.78 Å². The van der Waals surface area contributed by atoms with Crippen LogP contribution < -0.4 is 4.74 Å². The normalized spacial score (nSPS) is 10.6. The molecule has 1 aromatic carbocycles. The van der Waals surface area contributed by atoms with E-state index in [9.17, 15) is 8.78 Å². The SMILES string of the molecule is FC(F)Oc1ccc(Cl)c(Cl)c1Br. The zero-order valence-corrected chi connectivity index (χ0v) is 9.13. The van der Waals surface area contributed by atoms with Crippen LogP contribution in [-0.4, -0.2) is 6.61 Å². The predicted molar refractivity (Wildman–Crippen MR) is 50.8 cm³/mol. The van der Waals surface area contributed by atoms with Crippen LogP contribution in [0.3, 0.4) is 0 Å². The Hall–Kier alpha value is -0.0600. The molecule has 0 heterocycles. The zero-order chi connectivity index (χ0) is 10.0. The Bertz CT molecular complexity index is 320. The van der Waals surface area contributed by atoms with Crippen molar-refractivity contribution in [1.29, 1.82) is 0 Å². The first-order valence-electron chi connectivity index (χ1n) is 3.10. The summed E-state index contributed by atoms with van der Waals surface area (Å²) >= 11 is 14.3. The third-order valence-corrected chi connectivity index (χ3v) is 3.04. The molecule has 0 aliphatic rings. The Morgan fingerprint density at radius 2 is 1.92 bits per heavy atom. The minimum Gasteiger partial charge on any atom is -0.434 e. The van der Waals surface area contributed by atoms with E-state index >= 15 is 0 Å². The van der Waals surface area contributed by atoms with Crippen molar-refractivity contribution < 1.29 is 13.5 Å². The summed E-state index contributed by atoms with van der Waals surface area (Å²) in [6.07, 6.45) is 0. The van der Waals surface area contributed by atoms with Crippen molar-refractivity contribution in [3.8, 4) is 5.75 Å². The zero-order valence-electron chi connectivity index (χ0n) is 6.03. The van der Waals surface area contributed by atoms with E-state index in [0.717, 1.165) is 0 Å². The Morgan fingerprint density at radius 1 is 1.31 bits per heavy atom. The molecule has 13 heavy (non-hydrogen) atoms. The second kappa shape index (κ2) is 4.44. The lowest BCUT2D eigenvalue weighted by molar-refractivity contribution is -0.0503. The van der Waals surface area contributed by atoms with Crippen molar-refractivity contribution in [2.45, 2.75) is 6.61 Å². The van der Waals surface area contributed by atoms with Crippen LogP contribution in [0.15, 0.2) is 16.6 Å². The van der Waals surface area contributed by atoms with Crippen LogP contribution >= 0.6 is 39.1 Å². The first kappa shape index (κ1) is 11.0. The first-order chi connectivity index (χ1) is 6.02. The van der Waals surface area contributed by atoms with Crippen molar-refractivity contribution in [1.82, 2.24) is 0 Å². The van der Waals surface area contributed by atoms with E-state index < -0.39 is 6.61 Å². The van der Waals surface area contributed by atoms with E-state index in [1.54, 1.807) is 0 Å². The number of halogens is 5. The van der Waals surface area contributed by atoms with Gasteiger partial charge in [0.25, 0.3) is 0 Å². The van der Waals surface area contributed by atoms with E-state index in [1.165, 1.54) is 12.1 Å². The summed E-state index contributed by atoms with van der Waals surface area (Å²) in [5, 5.41) is 0.426. The number of rotatable bonds is 2. The standard InChI is InChI=1S/C7H3BrCl2F2O/c8-5-4(13-7(11)12)2-1-3(9)6(5)10/h1-2,7H. The molecule has 1 rings (SSSR count). The number of ether oxygens (including phenoxy) is 1. The molecule has 0 saturated carbocycles. The Balaban J connectivity index is 3.04. The maximum Gasteiger partial charge on any atom is 0.387 e. The summed E-state index contributed by atoms with van der Waals surface area (Å²) in [7, 11) is 0. The summed E-state index contributed by atoms with van der Waals surface area (Å²) in [6.45, 7) is -2.88. The molecule has 0 aliphatic carbocycles. The fourth-order valence-electron chi connectivity index (χ4n) is 0.695. The van der Waals surface area contributed by atoms with E-state index in [4.69, 9.17) is 23.2 Å². The fraction of sp³-hybridized carbons (Fsp3) is 0.143. The molecule has 72 valence electrons. The van der Waals surface area contributed by atoms with Crippen molar-refractivity contribution in [3.05, 3.63) is 26.7 Å². The quantitative estimate of drug-likeness (QED) is 0.736. The predicted octanol–water partition coefficient (Wildman–Crippen LogP) is 4.36. The molecule has 0 spiro atoms. The smallest absolute Gasteiger partial charge is 0.387 e. The van der Waals surface area contributed by atoms with Gasteiger partial charge in [0.15, 0.2) is 0 Å². The average molecular weight is 292 g/mol. The molecule has 0 fully saturated rings. The topological polar surface area (TPSA) is 9.23 Å². The molecule has 1 nitrogen and oxygen atoms in total. The van der Waals surface area contributed by atoms with Crippen molar-refractivity contribution in [3.63, 3.8) is 0 Å². The third-order valence-electron chi connectivity index (χ3n) is 1.22. The van der Waals surface area contributed by atoms with Gasteiger partial charge < -0.3 is 4.74 Å².